The molecule has 0 aliphatic carbocycles. The minimum Gasteiger partial charge on any atom is -0.481 e. The summed E-state index contributed by atoms with van der Waals surface area (Å²) in [5.74, 6) is -5.11. The number of rotatable bonds is 14. The van der Waals surface area contributed by atoms with Crippen LogP contribution in [0.3, 0.4) is 0 Å². The fraction of sp³-hybridized carbons (Fsp3) is 0.458. The van der Waals surface area contributed by atoms with Gasteiger partial charge in [0, 0.05) is 34.0 Å². The fourth-order valence-corrected chi connectivity index (χ4v) is 3.50. The molecule has 0 aliphatic heterocycles. The third-order valence-corrected chi connectivity index (χ3v) is 5.46. The molecule has 15 nitrogen and oxygen atoms in total. The average Bonchev–Trinajstić information content (AvgIpc) is 2.87. The van der Waals surface area contributed by atoms with E-state index in [-0.39, 0.29) is 31.8 Å². The molecule has 0 fully saturated rings. The number of guanidine groups is 1. The maximum absolute atomic E-state index is 13.4. The van der Waals surface area contributed by atoms with Crippen LogP contribution in [0.2, 0.25) is 0 Å². The number of aliphatic carboxylic acids is 2. The van der Waals surface area contributed by atoms with Crippen molar-refractivity contribution in [3.63, 3.8) is 0 Å². The summed E-state index contributed by atoms with van der Waals surface area (Å²) in [5, 5.41) is 27.7. The van der Waals surface area contributed by atoms with E-state index in [1.165, 1.54) is 21.0 Å². The van der Waals surface area contributed by atoms with Gasteiger partial charge in [-0.05, 0) is 18.4 Å². The Hall–Kier alpha value is -4.69. The number of carbonyl (C=O) groups excluding carboxylic acids is 4. The van der Waals surface area contributed by atoms with Gasteiger partial charge in [-0.3, -0.25) is 29.5 Å². The number of benzene rings is 1. The molecule has 39 heavy (non-hydrogen) atoms. The molecule has 0 spiro atoms. The van der Waals surface area contributed by atoms with E-state index in [1.54, 1.807) is 30.3 Å². The highest BCUT2D eigenvalue weighted by Crippen LogP contribution is 2.13. The lowest BCUT2D eigenvalue weighted by atomic mass is 10.0. The normalized spacial score (nSPS) is 13.3. The van der Waals surface area contributed by atoms with Crippen molar-refractivity contribution in [3.05, 3.63) is 35.9 Å². The number of likely N-dealkylation sites (N-methyl/N-ethyl adjacent to an activating group) is 1. The molecule has 0 saturated carbocycles. The monoisotopic (exact) mass is 549 g/mol. The topological polar surface area (TPSA) is 233 Å². The number of nitrogens with two attached hydrogens (primary N) is 1. The molecule has 0 bridgehead atoms. The van der Waals surface area contributed by atoms with Crippen LogP contribution in [0.15, 0.2) is 35.3 Å². The molecule has 5 amide bonds. The first-order chi connectivity index (χ1) is 18.3. The molecule has 1 aromatic rings. The van der Waals surface area contributed by atoms with Gasteiger partial charge in [-0.15, -0.1) is 0 Å². The van der Waals surface area contributed by atoms with E-state index in [0.29, 0.717) is 5.56 Å². The van der Waals surface area contributed by atoms with Gasteiger partial charge in [0.15, 0.2) is 5.96 Å². The Morgan fingerprint density at radius 3 is 2.21 bits per heavy atom. The molecule has 0 saturated heterocycles. The van der Waals surface area contributed by atoms with Gasteiger partial charge in [-0.25, -0.2) is 9.59 Å². The van der Waals surface area contributed by atoms with Crippen molar-refractivity contribution in [2.45, 2.75) is 50.7 Å². The van der Waals surface area contributed by atoms with Gasteiger partial charge in [0.1, 0.15) is 18.1 Å². The summed E-state index contributed by atoms with van der Waals surface area (Å²) in [6.07, 6.45) is -0.483. The van der Waals surface area contributed by atoms with Crippen LogP contribution < -0.4 is 27.0 Å². The van der Waals surface area contributed by atoms with Crippen molar-refractivity contribution in [2.24, 2.45) is 10.7 Å². The Labute approximate surface area is 225 Å². The number of carboxylic acids is 2. The van der Waals surface area contributed by atoms with Gasteiger partial charge in [-0.2, -0.15) is 0 Å². The Morgan fingerprint density at radius 2 is 1.67 bits per heavy atom. The number of hydrogen-bond acceptors (Lipinski definition) is 7. The second-order valence-electron chi connectivity index (χ2n) is 8.52. The number of carboxylic acid groups (broad SMARTS) is 2. The molecule has 0 aromatic heterocycles. The molecule has 15 heteroatoms. The molecule has 214 valence electrons. The molecule has 0 radical (unpaired) electrons. The summed E-state index contributed by atoms with van der Waals surface area (Å²) >= 11 is 0. The van der Waals surface area contributed by atoms with E-state index in [2.05, 4.69) is 26.3 Å². The first-order valence-corrected chi connectivity index (χ1v) is 12.0. The number of amides is 5. The smallest absolute Gasteiger partial charge is 0.326 e. The number of hydrogen-bond donors (Lipinski definition) is 7. The minimum absolute atomic E-state index is 0.00684. The summed E-state index contributed by atoms with van der Waals surface area (Å²) in [4.78, 5) is 77.3. The highest BCUT2D eigenvalue weighted by atomic mass is 16.4. The van der Waals surface area contributed by atoms with Crippen LogP contribution in [0, 0.1) is 0 Å². The third-order valence-electron chi connectivity index (χ3n) is 5.46. The Kier molecular flexibility index (Phi) is 13.4. The van der Waals surface area contributed by atoms with Crippen molar-refractivity contribution >= 4 is 41.7 Å². The number of nitrogens with one attached hydrogen (secondary N) is 4. The zero-order valence-corrected chi connectivity index (χ0v) is 22.0. The van der Waals surface area contributed by atoms with Gasteiger partial charge < -0.3 is 36.8 Å². The van der Waals surface area contributed by atoms with E-state index in [1.807, 2.05) is 0 Å². The van der Waals surface area contributed by atoms with Crippen molar-refractivity contribution in [1.82, 2.24) is 26.2 Å². The van der Waals surface area contributed by atoms with Crippen LogP contribution in [0.25, 0.3) is 0 Å². The molecule has 3 atom stereocenters. The number of nitrogens with zero attached hydrogens (tertiary/aromatic N) is 2. The number of carbonyl (C=O) groups is 6. The van der Waals surface area contributed by atoms with Gasteiger partial charge >= 0.3 is 18.0 Å². The van der Waals surface area contributed by atoms with Crippen LogP contribution >= 0.6 is 0 Å². The third kappa shape index (κ3) is 11.9. The molecular formula is C24H35N7O8. The summed E-state index contributed by atoms with van der Waals surface area (Å²) in [7, 11) is 2.74. The van der Waals surface area contributed by atoms with Crippen molar-refractivity contribution in [2.75, 3.05) is 20.6 Å². The van der Waals surface area contributed by atoms with E-state index >= 15 is 0 Å². The predicted molar refractivity (Wildman–Crippen MR) is 139 cm³/mol. The van der Waals surface area contributed by atoms with E-state index in [9.17, 15) is 33.9 Å². The summed E-state index contributed by atoms with van der Waals surface area (Å²) in [5.41, 5.74) is 6.26. The standard InChI is InChI=1S/C24H35N7O8/c1-14(32)28-16(10-7-11-27-23(25)30-24(39)26-2)21(36)31(3)18(12-15-8-5-4-6-9-15)20(35)29-17(22(37)38)13-19(33)34/h4-6,8-9,16-18H,7,10-13H2,1-3H3,(H,28,32)(H,29,35)(H,33,34)(H,37,38)(H4,25,26,27,30,39). The maximum Gasteiger partial charge on any atom is 0.326 e. The highest BCUT2D eigenvalue weighted by molar-refractivity contribution is 5.95. The highest BCUT2D eigenvalue weighted by Gasteiger charge is 2.34. The predicted octanol–water partition coefficient (Wildman–Crippen LogP) is -1.37. The van der Waals surface area contributed by atoms with Gasteiger partial charge in [0.25, 0.3) is 0 Å². The SMILES string of the molecule is CNC(=O)NC(N)=NCCCC(NC(C)=O)C(=O)N(C)C(Cc1ccccc1)C(=O)NC(CC(=O)O)C(=O)O. The second kappa shape index (κ2) is 16.2. The zero-order valence-electron chi connectivity index (χ0n) is 22.0. The summed E-state index contributed by atoms with van der Waals surface area (Å²) in [6, 6.07) is 4.08. The lowest BCUT2D eigenvalue weighted by molar-refractivity contribution is -0.148. The van der Waals surface area contributed by atoms with Crippen LogP contribution in [-0.4, -0.2) is 95.5 Å². The van der Waals surface area contributed by atoms with Gasteiger partial charge in [-0.1, -0.05) is 30.3 Å². The zero-order chi connectivity index (χ0) is 29.5. The Balaban J connectivity index is 3.11. The van der Waals surface area contributed by atoms with Crippen LogP contribution in [-0.2, 0) is 30.4 Å². The van der Waals surface area contributed by atoms with Gasteiger partial charge in [0.05, 0.1) is 6.42 Å². The lowest BCUT2D eigenvalue weighted by Crippen LogP contribution is -2.57. The number of urea groups is 1. The van der Waals surface area contributed by atoms with Crippen molar-refractivity contribution in [3.8, 4) is 0 Å². The molecule has 1 aromatic carbocycles. The first-order valence-electron chi connectivity index (χ1n) is 12.0. The lowest BCUT2D eigenvalue weighted by Gasteiger charge is -2.31. The van der Waals surface area contributed by atoms with Crippen LogP contribution in [0.1, 0.15) is 31.7 Å². The molecular weight excluding hydrogens is 514 g/mol. The minimum atomic E-state index is -1.71. The van der Waals surface area contributed by atoms with Crippen molar-refractivity contribution in [1.29, 1.82) is 0 Å². The summed E-state index contributed by atoms with van der Waals surface area (Å²) in [6.45, 7) is 1.34. The summed E-state index contributed by atoms with van der Waals surface area (Å²) < 4.78 is 0. The van der Waals surface area contributed by atoms with Gasteiger partial charge in [0.2, 0.25) is 17.7 Å². The fourth-order valence-electron chi connectivity index (χ4n) is 3.50. The largest absolute Gasteiger partial charge is 0.481 e. The molecule has 3 unspecified atom stereocenters. The molecule has 0 heterocycles. The van der Waals surface area contributed by atoms with E-state index in [0.717, 1.165) is 4.90 Å². The quantitative estimate of drug-likeness (QED) is 0.0822. The second-order valence-corrected chi connectivity index (χ2v) is 8.52. The van der Waals surface area contributed by atoms with E-state index in [4.69, 9.17) is 10.8 Å². The maximum atomic E-state index is 13.4. The number of aliphatic imine (C=N–C) groups is 1. The van der Waals surface area contributed by atoms with Crippen LogP contribution in [0.4, 0.5) is 4.79 Å². The average molecular weight is 550 g/mol. The molecule has 0 aliphatic rings. The van der Waals surface area contributed by atoms with Crippen LogP contribution in [0.5, 0.6) is 0 Å². The first kappa shape index (κ1) is 32.3. The molecule has 1 rings (SSSR count). The van der Waals surface area contributed by atoms with Crippen molar-refractivity contribution < 1.29 is 39.0 Å². The Bertz CT molecular complexity index is 1060. The Morgan fingerprint density at radius 1 is 1.03 bits per heavy atom. The van der Waals surface area contributed by atoms with E-state index < -0.39 is 60.2 Å². The molecule has 8 N–H and O–H groups in total.